The first-order chi connectivity index (χ1) is 5.79. The van der Waals surface area contributed by atoms with Crippen LogP contribution in [0, 0.1) is 5.92 Å². The summed E-state index contributed by atoms with van der Waals surface area (Å²) in [5, 5.41) is 0. The predicted octanol–water partition coefficient (Wildman–Crippen LogP) is 3.86. The minimum Gasteiger partial charge on any atom is -0.126 e. The van der Waals surface area contributed by atoms with E-state index in [4.69, 9.17) is 0 Å². The molecule has 0 saturated carbocycles. The van der Waals surface area contributed by atoms with Gasteiger partial charge in [0.2, 0.25) is 0 Å². The van der Waals surface area contributed by atoms with E-state index in [2.05, 4.69) is 47.1 Å². The molecule has 1 aliphatic rings. The first kappa shape index (κ1) is 8.64. The van der Waals surface area contributed by atoms with Gasteiger partial charge in [-0.05, 0) is 17.5 Å². The lowest BCUT2D eigenvalue weighted by Crippen LogP contribution is -2.12. The fourth-order valence-electron chi connectivity index (χ4n) is 1.45. The third kappa shape index (κ3) is 1.42. The van der Waals surface area contributed by atoms with Crippen LogP contribution in [-0.4, -0.2) is 5.75 Å². The second-order valence-electron chi connectivity index (χ2n) is 3.23. The highest BCUT2D eigenvalue weighted by Crippen LogP contribution is 2.43. The highest BCUT2D eigenvalue weighted by molar-refractivity contribution is 9.09. The molecule has 0 saturated heterocycles. The van der Waals surface area contributed by atoms with Gasteiger partial charge in [0.1, 0.15) is 0 Å². The molecule has 0 N–H and O–H groups in total. The summed E-state index contributed by atoms with van der Waals surface area (Å²) < 4.78 is 0. The Labute approximate surface area is 85.9 Å². The van der Waals surface area contributed by atoms with Crippen molar-refractivity contribution in [3.05, 3.63) is 29.8 Å². The molecule has 0 aliphatic carbocycles. The minimum absolute atomic E-state index is 0.551. The zero-order chi connectivity index (χ0) is 8.55. The first-order valence-corrected chi connectivity index (χ1v) is 6.05. The molecule has 0 radical (unpaired) electrons. The summed E-state index contributed by atoms with van der Waals surface area (Å²) in [7, 11) is 0. The molecule has 1 aliphatic heterocycles. The number of benzene rings is 1. The Morgan fingerprint density at radius 3 is 3.00 bits per heavy atom. The molecule has 64 valence electrons. The maximum Gasteiger partial charge on any atom is 0.0439 e. The van der Waals surface area contributed by atoms with Crippen LogP contribution in [0.3, 0.4) is 0 Å². The fourth-order valence-corrected chi connectivity index (χ4v) is 3.61. The van der Waals surface area contributed by atoms with Gasteiger partial charge in [0, 0.05) is 15.5 Å². The van der Waals surface area contributed by atoms with Crippen molar-refractivity contribution in [2.75, 3.05) is 5.75 Å². The Hall–Kier alpha value is 0.0500. The zero-order valence-electron chi connectivity index (χ0n) is 6.96. The zero-order valence-corrected chi connectivity index (χ0v) is 9.36. The maximum atomic E-state index is 3.74. The van der Waals surface area contributed by atoms with E-state index in [1.807, 2.05) is 11.8 Å². The Balaban J connectivity index is 2.42. The topological polar surface area (TPSA) is 0 Å². The number of alkyl halides is 1. The van der Waals surface area contributed by atoms with E-state index in [-0.39, 0.29) is 0 Å². The fraction of sp³-hybridized carbons (Fsp3) is 0.400. The SMILES string of the molecule is CC1CSc2ccccc2C1Br. The molecule has 1 aromatic carbocycles. The summed E-state index contributed by atoms with van der Waals surface area (Å²) in [6.07, 6.45) is 0. The standard InChI is InChI=1S/C10H11BrS/c1-7-6-12-9-5-3-2-4-8(9)10(7)11/h2-5,7,10H,6H2,1H3. The van der Waals surface area contributed by atoms with Crippen LogP contribution in [0.15, 0.2) is 29.2 Å². The van der Waals surface area contributed by atoms with E-state index in [0.717, 1.165) is 5.92 Å². The Morgan fingerprint density at radius 1 is 1.42 bits per heavy atom. The van der Waals surface area contributed by atoms with Crippen molar-refractivity contribution in [1.29, 1.82) is 0 Å². The average molecular weight is 243 g/mol. The van der Waals surface area contributed by atoms with Gasteiger partial charge in [0.25, 0.3) is 0 Å². The lowest BCUT2D eigenvalue weighted by atomic mass is 10.0. The van der Waals surface area contributed by atoms with Gasteiger partial charge in [-0.2, -0.15) is 0 Å². The van der Waals surface area contributed by atoms with Crippen LogP contribution in [0.4, 0.5) is 0 Å². The van der Waals surface area contributed by atoms with Gasteiger partial charge < -0.3 is 0 Å². The molecular formula is C10H11BrS. The molecule has 0 spiro atoms. The monoisotopic (exact) mass is 242 g/mol. The molecule has 1 heterocycles. The van der Waals surface area contributed by atoms with Gasteiger partial charge >= 0.3 is 0 Å². The van der Waals surface area contributed by atoms with Crippen molar-refractivity contribution in [3.63, 3.8) is 0 Å². The van der Waals surface area contributed by atoms with Gasteiger partial charge in [0.05, 0.1) is 0 Å². The third-order valence-electron chi connectivity index (χ3n) is 2.22. The second-order valence-corrected chi connectivity index (χ2v) is 5.28. The van der Waals surface area contributed by atoms with Crippen LogP contribution in [0.1, 0.15) is 17.3 Å². The Morgan fingerprint density at radius 2 is 2.17 bits per heavy atom. The molecular weight excluding hydrogens is 232 g/mol. The molecule has 1 aromatic rings. The average Bonchev–Trinajstić information content (AvgIpc) is 2.12. The third-order valence-corrected chi connectivity index (χ3v) is 4.99. The Kier molecular flexibility index (Phi) is 2.47. The molecule has 12 heavy (non-hydrogen) atoms. The largest absolute Gasteiger partial charge is 0.126 e. The predicted molar refractivity (Wildman–Crippen MR) is 58.0 cm³/mol. The van der Waals surface area contributed by atoms with Crippen LogP contribution >= 0.6 is 27.7 Å². The Bertz CT molecular complexity index is 285. The molecule has 2 unspecified atom stereocenters. The smallest absolute Gasteiger partial charge is 0.0439 e. The van der Waals surface area contributed by atoms with E-state index in [0.29, 0.717) is 4.83 Å². The lowest BCUT2D eigenvalue weighted by molar-refractivity contribution is 0.634. The van der Waals surface area contributed by atoms with Crippen molar-refractivity contribution in [2.45, 2.75) is 16.6 Å². The molecule has 2 rings (SSSR count). The highest BCUT2D eigenvalue weighted by Gasteiger charge is 2.23. The lowest BCUT2D eigenvalue weighted by Gasteiger charge is -2.26. The number of fused-ring (bicyclic) bond motifs is 1. The summed E-state index contributed by atoms with van der Waals surface area (Å²) in [6, 6.07) is 8.66. The summed E-state index contributed by atoms with van der Waals surface area (Å²) in [4.78, 5) is 1.99. The second kappa shape index (κ2) is 3.43. The van der Waals surface area contributed by atoms with Crippen molar-refractivity contribution in [2.24, 2.45) is 5.92 Å². The van der Waals surface area contributed by atoms with Crippen molar-refractivity contribution in [3.8, 4) is 0 Å². The molecule has 0 nitrogen and oxygen atoms in total. The molecule has 0 amide bonds. The van der Waals surface area contributed by atoms with Gasteiger partial charge in [-0.3, -0.25) is 0 Å². The summed E-state index contributed by atoms with van der Waals surface area (Å²) in [5.41, 5.74) is 1.46. The number of thioether (sulfide) groups is 1. The van der Waals surface area contributed by atoms with Crippen molar-refractivity contribution < 1.29 is 0 Å². The first-order valence-electron chi connectivity index (χ1n) is 4.15. The highest BCUT2D eigenvalue weighted by atomic mass is 79.9. The molecule has 2 atom stereocenters. The van der Waals surface area contributed by atoms with Crippen LogP contribution < -0.4 is 0 Å². The van der Waals surface area contributed by atoms with E-state index in [1.165, 1.54) is 16.2 Å². The molecule has 0 aromatic heterocycles. The number of halogens is 1. The van der Waals surface area contributed by atoms with Crippen LogP contribution in [0.5, 0.6) is 0 Å². The van der Waals surface area contributed by atoms with Crippen molar-refractivity contribution >= 4 is 27.7 Å². The summed E-state index contributed by atoms with van der Waals surface area (Å²) >= 11 is 5.71. The maximum absolute atomic E-state index is 3.74. The van der Waals surface area contributed by atoms with Crippen molar-refractivity contribution in [1.82, 2.24) is 0 Å². The molecule has 0 fully saturated rings. The molecule has 2 heteroatoms. The van der Waals surface area contributed by atoms with Crippen LogP contribution in [-0.2, 0) is 0 Å². The van der Waals surface area contributed by atoms with Crippen LogP contribution in [0.2, 0.25) is 0 Å². The van der Waals surface area contributed by atoms with Gasteiger partial charge in [0.15, 0.2) is 0 Å². The molecule has 0 bridgehead atoms. The quantitative estimate of drug-likeness (QED) is 0.623. The normalized spacial score (nSPS) is 28.2. The van der Waals surface area contributed by atoms with E-state index in [1.54, 1.807) is 0 Å². The summed E-state index contributed by atoms with van der Waals surface area (Å²) in [6.45, 7) is 2.29. The number of rotatable bonds is 0. The van der Waals surface area contributed by atoms with Crippen LogP contribution in [0.25, 0.3) is 0 Å². The van der Waals surface area contributed by atoms with E-state index < -0.39 is 0 Å². The van der Waals surface area contributed by atoms with Gasteiger partial charge in [-0.25, -0.2) is 0 Å². The van der Waals surface area contributed by atoms with E-state index >= 15 is 0 Å². The summed E-state index contributed by atoms with van der Waals surface area (Å²) in [5.74, 6) is 1.97. The minimum atomic E-state index is 0.551. The number of hydrogen-bond donors (Lipinski definition) is 0. The van der Waals surface area contributed by atoms with Gasteiger partial charge in [-0.15, -0.1) is 11.8 Å². The number of hydrogen-bond acceptors (Lipinski definition) is 1. The van der Waals surface area contributed by atoms with E-state index in [9.17, 15) is 0 Å². The van der Waals surface area contributed by atoms with Gasteiger partial charge in [-0.1, -0.05) is 41.1 Å².